The molecule has 0 bridgehead atoms. The van der Waals surface area contributed by atoms with E-state index in [0.29, 0.717) is 6.04 Å². The molecule has 18 heavy (non-hydrogen) atoms. The molecular weight excluding hydrogens is 224 g/mol. The Kier molecular flexibility index (Phi) is 2.89. The number of aryl methyl sites for hydroxylation is 1. The third-order valence-corrected chi connectivity index (χ3v) is 3.57. The number of rotatable bonds is 3. The lowest BCUT2D eigenvalue weighted by Gasteiger charge is -2.13. The van der Waals surface area contributed by atoms with Crippen LogP contribution in [0.2, 0.25) is 0 Å². The molecular formula is C14H18N4. The van der Waals surface area contributed by atoms with Crippen LogP contribution in [-0.4, -0.2) is 9.78 Å². The normalized spacial score (nSPS) is 22.1. The van der Waals surface area contributed by atoms with Crippen molar-refractivity contribution in [3.63, 3.8) is 0 Å². The lowest BCUT2D eigenvalue weighted by atomic mass is 10.1. The molecule has 0 radical (unpaired) electrons. The molecule has 2 atom stereocenters. The zero-order valence-corrected chi connectivity index (χ0v) is 10.5. The fourth-order valence-electron chi connectivity index (χ4n) is 2.67. The standard InChI is InChI=1S/C14H18N4/c1-18-9-10(8-17-18)7-16-14-6-13(15)11-4-2-3-5-12(11)14/h2-5,8-9,13-14,16H,6-7,15H2,1H3. The maximum absolute atomic E-state index is 6.15. The molecule has 3 N–H and O–H groups in total. The van der Waals surface area contributed by atoms with Crippen LogP contribution >= 0.6 is 0 Å². The van der Waals surface area contributed by atoms with E-state index in [1.165, 1.54) is 16.7 Å². The van der Waals surface area contributed by atoms with Gasteiger partial charge in [0.15, 0.2) is 0 Å². The second-order valence-electron chi connectivity index (χ2n) is 4.93. The number of hydrogen-bond donors (Lipinski definition) is 2. The van der Waals surface area contributed by atoms with Gasteiger partial charge < -0.3 is 11.1 Å². The predicted molar refractivity (Wildman–Crippen MR) is 70.8 cm³/mol. The molecule has 0 spiro atoms. The third-order valence-electron chi connectivity index (χ3n) is 3.57. The zero-order chi connectivity index (χ0) is 12.5. The third kappa shape index (κ3) is 2.05. The van der Waals surface area contributed by atoms with E-state index in [4.69, 9.17) is 5.73 Å². The van der Waals surface area contributed by atoms with Gasteiger partial charge in [-0.1, -0.05) is 24.3 Å². The van der Waals surface area contributed by atoms with Crippen LogP contribution in [0.3, 0.4) is 0 Å². The molecule has 0 fully saturated rings. The summed E-state index contributed by atoms with van der Waals surface area (Å²) in [5, 5.41) is 7.74. The van der Waals surface area contributed by atoms with E-state index in [1.807, 2.05) is 24.1 Å². The number of fused-ring (bicyclic) bond motifs is 1. The molecule has 1 heterocycles. The molecule has 0 saturated carbocycles. The zero-order valence-electron chi connectivity index (χ0n) is 10.5. The highest BCUT2D eigenvalue weighted by atomic mass is 15.2. The van der Waals surface area contributed by atoms with Crippen LogP contribution < -0.4 is 11.1 Å². The molecule has 1 aromatic heterocycles. The second-order valence-corrected chi connectivity index (χ2v) is 4.93. The molecule has 0 aliphatic heterocycles. The average Bonchev–Trinajstić information content (AvgIpc) is 2.92. The minimum Gasteiger partial charge on any atom is -0.324 e. The fraction of sp³-hybridized carbons (Fsp3) is 0.357. The number of benzene rings is 1. The summed E-state index contributed by atoms with van der Waals surface area (Å²) in [6.07, 6.45) is 4.90. The number of nitrogens with zero attached hydrogens (tertiary/aromatic N) is 2. The molecule has 2 aromatic rings. The smallest absolute Gasteiger partial charge is 0.0534 e. The number of nitrogens with two attached hydrogens (primary N) is 1. The largest absolute Gasteiger partial charge is 0.324 e. The Balaban J connectivity index is 1.72. The fourth-order valence-corrected chi connectivity index (χ4v) is 2.67. The number of aromatic nitrogens is 2. The van der Waals surface area contributed by atoms with Gasteiger partial charge in [0.2, 0.25) is 0 Å². The van der Waals surface area contributed by atoms with E-state index < -0.39 is 0 Å². The molecule has 0 saturated heterocycles. The summed E-state index contributed by atoms with van der Waals surface area (Å²) in [7, 11) is 1.93. The Morgan fingerprint density at radius 2 is 2.17 bits per heavy atom. The predicted octanol–water partition coefficient (Wildman–Crippen LogP) is 1.65. The maximum Gasteiger partial charge on any atom is 0.0534 e. The summed E-state index contributed by atoms with van der Waals surface area (Å²) in [5.41, 5.74) is 9.98. The van der Waals surface area contributed by atoms with Crippen LogP contribution in [0.1, 0.15) is 35.2 Å². The first kappa shape index (κ1) is 11.4. The molecule has 1 aliphatic rings. The first-order valence-electron chi connectivity index (χ1n) is 6.29. The van der Waals surface area contributed by atoms with Gasteiger partial charge in [-0.3, -0.25) is 4.68 Å². The van der Waals surface area contributed by atoms with E-state index in [1.54, 1.807) is 0 Å². The van der Waals surface area contributed by atoms with E-state index in [-0.39, 0.29) is 6.04 Å². The van der Waals surface area contributed by atoms with Crippen LogP contribution in [0.15, 0.2) is 36.7 Å². The number of hydrogen-bond acceptors (Lipinski definition) is 3. The van der Waals surface area contributed by atoms with Gasteiger partial charge in [-0.25, -0.2) is 0 Å². The van der Waals surface area contributed by atoms with Crippen LogP contribution in [0, 0.1) is 0 Å². The van der Waals surface area contributed by atoms with Gasteiger partial charge in [-0.2, -0.15) is 5.10 Å². The lowest BCUT2D eigenvalue weighted by Crippen LogP contribution is -2.19. The van der Waals surface area contributed by atoms with Crippen molar-refractivity contribution < 1.29 is 0 Å². The summed E-state index contributed by atoms with van der Waals surface area (Å²) in [6, 6.07) is 8.95. The highest BCUT2D eigenvalue weighted by Gasteiger charge is 2.27. The van der Waals surface area contributed by atoms with Gasteiger partial charge in [0, 0.05) is 37.4 Å². The quantitative estimate of drug-likeness (QED) is 0.860. The van der Waals surface area contributed by atoms with Crippen molar-refractivity contribution in [2.45, 2.75) is 25.0 Å². The summed E-state index contributed by atoms with van der Waals surface area (Å²) in [4.78, 5) is 0. The Bertz CT molecular complexity index is 546. The van der Waals surface area contributed by atoms with Gasteiger partial charge in [0.25, 0.3) is 0 Å². The summed E-state index contributed by atoms with van der Waals surface area (Å²) < 4.78 is 1.82. The Morgan fingerprint density at radius 3 is 2.89 bits per heavy atom. The number of nitrogens with one attached hydrogen (secondary N) is 1. The minimum absolute atomic E-state index is 0.160. The van der Waals surface area contributed by atoms with Crippen LogP contribution in [-0.2, 0) is 13.6 Å². The average molecular weight is 242 g/mol. The SMILES string of the molecule is Cn1cc(CNC2CC(N)c3ccccc32)cn1. The van der Waals surface area contributed by atoms with Crippen LogP contribution in [0.5, 0.6) is 0 Å². The van der Waals surface area contributed by atoms with Gasteiger partial charge in [-0.15, -0.1) is 0 Å². The Hall–Kier alpha value is -1.65. The summed E-state index contributed by atoms with van der Waals surface area (Å²) in [5.74, 6) is 0. The van der Waals surface area contributed by atoms with Crippen LogP contribution in [0.25, 0.3) is 0 Å². The molecule has 0 amide bonds. The Labute approximate surface area is 107 Å². The highest BCUT2D eigenvalue weighted by molar-refractivity contribution is 5.37. The van der Waals surface area contributed by atoms with Gasteiger partial charge in [0.1, 0.15) is 0 Å². The van der Waals surface area contributed by atoms with E-state index in [9.17, 15) is 0 Å². The summed E-state index contributed by atoms with van der Waals surface area (Å²) in [6.45, 7) is 0.833. The molecule has 3 rings (SSSR count). The molecule has 1 aromatic carbocycles. The highest BCUT2D eigenvalue weighted by Crippen LogP contribution is 2.36. The Morgan fingerprint density at radius 1 is 1.39 bits per heavy atom. The van der Waals surface area contributed by atoms with Crippen molar-refractivity contribution in [2.75, 3.05) is 0 Å². The van der Waals surface area contributed by atoms with E-state index in [0.717, 1.165) is 13.0 Å². The van der Waals surface area contributed by atoms with Gasteiger partial charge in [-0.05, 0) is 17.5 Å². The van der Waals surface area contributed by atoms with Crippen molar-refractivity contribution in [1.29, 1.82) is 0 Å². The van der Waals surface area contributed by atoms with Crippen molar-refractivity contribution in [1.82, 2.24) is 15.1 Å². The van der Waals surface area contributed by atoms with Crippen molar-refractivity contribution in [3.8, 4) is 0 Å². The molecule has 1 aliphatic carbocycles. The van der Waals surface area contributed by atoms with E-state index in [2.05, 4.69) is 34.7 Å². The van der Waals surface area contributed by atoms with Crippen molar-refractivity contribution in [3.05, 3.63) is 53.3 Å². The molecule has 94 valence electrons. The first-order valence-corrected chi connectivity index (χ1v) is 6.29. The van der Waals surface area contributed by atoms with E-state index >= 15 is 0 Å². The molecule has 2 unspecified atom stereocenters. The molecule has 4 heteroatoms. The molecule has 4 nitrogen and oxygen atoms in total. The van der Waals surface area contributed by atoms with Crippen molar-refractivity contribution in [2.24, 2.45) is 12.8 Å². The minimum atomic E-state index is 0.160. The topological polar surface area (TPSA) is 55.9 Å². The monoisotopic (exact) mass is 242 g/mol. The second kappa shape index (κ2) is 4.55. The lowest BCUT2D eigenvalue weighted by molar-refractivity contribution is 0.498. The first-order chi connectivity index (χ1) is 8.74. The van der Waals surface area contributed by atoms with Gasteiger partial charge in [0.05, 0.1) is 6.20 Å². The maximum atomic E-state index is 6.15. The van der Waals surface area contributed by atoms with Gasteiger partial charge >= 0.3 is 0 Å². The van der Waals surface area contributed by atoms with Crippen LogP contribution in [0.4, 0.5) is 0 Å². The van der Waals surface area contributed by atoms with Crippen molar-refractivity contribution >= 4 is 0 Å². The summed E-state index contributed by atoms with van der Waals surface area (Å²) >= 11 is 0.